The highest BCUT2D eigenvalue weighted by Gasteiger charge is 2.48. The van der Waals surface area contributed by atoms with Crippen molar-refractivity contribution in [3.63, 3.8) is 0 Å². The van der Waals surface area contributed by atoms with Gasteiger partial charge in [-0.3, -0.25) is 39.1 Å². The largest absolute Gasteiger partial charge is 0.490 e. The maximum absolute atomic E-state index is 15.7. The van der Waals surface area contributed by atoms with E-state index >= 15 is 4.39 Å². The van der Waals surface area contributed by atoms with Crippen molar-refractivity contribution in [3.8, 4) is 22.9 Å². The Morgan fingerprint density at radius 3 is 2.44 bits per heavy atom. The monoisotopic (exact) mass is 868 g/mol. The van der Waals surface area contributed by atoms with Gasteiger partial charge >= 0.3 is 0 Å². The Labute approximate surface area is 366 Å². The van der Waals surface area contributed by atoms with Gasteiger partial charge in [-0.05, 0) is 98.8 Å². The average Bonchev–Trinajstić information content (AvgIpc) is 3.76. The Bertz CT molecular complexity index is 2870. The van der Waals surface area contributed by atoms with E-state index < -0.39 is 41.0 Å². The van der Waals surface area contributed by atoms with Gasteiger partial charge in [0, 0.05) is 69.1 Å². The third-order valence-corrected chi connectivity index (χ3v) is 13.6. The number of nitrogens with zero attached hydrogens (tertiary/aromatic N) is 7. The molecule has 14 nitrogen and oxygen atoms in total. The summed E-state index contributed by atoms with van der Waals surface area (Å²) >= 11 is 6.31. The fourth-order valence-electron chi connectivity index (χ4n) is 9.84. The van der Waals surface area contributed by atoms with Crippen LogP contribution in [0.2, 0.25) is 5.02 Å². The lowest BCUT2D eigenvalue weighted by atomic mass is 9.85. The topological polar surface area (TPSA) is 161 Å². The zero-order valence-corrected chi connectivity index (χ0v) is 35.5. The molecule has 2 aromatic heterocycles. The van der Waals surface area contributed by atoms with Crippen molar-refractivity contribution in [3.05, 3.63) is 100 Å². The number of rotatable bonds is 8. The molecule has 16 heteroatoms. The SMILES string of the molecule is Cn1c2c(c3ccc(OC4CCN(CC5CN(c6ccc(-c7ccc8c(c7)C(C)(C)C(=O)N8c7ccc(C#N)c(Cl)c7)c(F)n6)C5)CC4)cc31)C(=O)N(C1CCC(=O)NC1=O)C2=O. The maximum Gasteiger partial charge on any atom is 0.278 e. The van der Waals surface area contributed by atoms with Crippen LogP contribution in [0.4, 0.5) is 21.6 Å². The zero-order chi connectivity index (χ0) is 44.1. The van der Waals surface area contributed by atoms with E-state index in [1.807, 2.05) is 50.2 Å². The van der Waals surface area contributed by atoms with Crippen molar-refractivity contribution < 1.29 is 33.1 Å². The highest BCUT2D eigenvalue weighted by atomic mass is 35.5. The Morgan fingerprint density at radius 2 is 1.73 bits per heavy atom. The van der Waals surface area contributed by atoms with Gasteiger partial charge in [-0.15, -0.1) is 0 Å². The highest BCUT2D eigenvalue weighted by Crippen LogP contribution is 2.47. The molecule has 5 aromatic rings. The van der Waals surface area contributed by atoms with Crippen molar-refractivity contribution in [2.75, 3.05) is 42.5 Å². The lowest BCUT2D eigenvalue weighted by Gasteiger charge is -2.43. The molecular formula is C47H42ClFN8O6. The molecule has 63 heavy (non-hydrogen) atoms. The summed E-state index contributed by atoms with van der Waals surface area (Å²) in [5, 5.41) is 12.4. The minimum Gasteiger partial charge on any atom is -0.490 e. The first-order chi connectivity index (χ1) is 30.2. The molecular weight excluding hydrogens is 827 g/mol. The normalized spacial score (nSPS) is 20.3. The molecule has 3 saturated heterocycles. The number of aryl methyl sites for hydroxylation is 1. The smallest absolute Gasteiger partial charge is 0.278 e. The molecule has 0 saturated carbocycles. The second-order valence-corrected chi connectivity index (χ2v) is 18.0. The van der Waals surface area contributed by atoms with E-state index in [9.17, 15) is 29.2 Å². The van der Waals surface area contributed by atoms with Crippen LogP contribution < -0.4 is 19.9 Å². The number of anilines is 3. The van der Waals surface area contributed by atoms with Gasteiger partial charge in [0.2, 0.25) is 23.7 Å². The van der Waals surface area contributed by atoms with E-state index in [0.717, 1.165) is 56.0 Å². The van der Waals surface area contributed by atoms with Gasteiger partial charge in [0.25, 0.3) is 11.8 Å². The van der Waals surface area contributed by atoms with E-state index in [4.69, 9.17) is 16.3 Å². The van der Waals surface area contributed by atoms with Crippen molar-refractivity contribution in [1.29, 1.82) is 5.26 Å². The molecule has 7 heterocycles. The Kier molecular flexibility index (Phi) is 9.65. The molecule has 0 spiro atoms. The van der Waals surface area contributed by atoms with Crippen LogP contribution in [0.5, 0.6) is 5.75 Å². The number of halogens is 2. The molecule has 10 rings (SSSR count). The number of amides is 5. The Balaban J connectivity index is 0.733. The number of hydrogen-bond donors (Lipinski definition) is 1. The molecule has 1 N–H and O–H groups in total. The lowest BCUT2D eigenvalue weighted by molar-refractivity contribution is -0.136. The predicted molar refractivity (Wildman–Crippen MR) is 231 cm³/mol. The molecule has 320 valence electrons. The minimum absolute atomic E-state index is 0.00140. The standard InChI is InChI=1S/C47H42ClFN8O6/c1-47(2)33-18-26(5-10-35(33)56(46(47)62)28-6-4-27(21-50)34(48)19-28)31-9-12-38(51-42(31)49)55-23-25(24-55)22-54-16-14-29(15-17-54)63-30-7-8-32-37(20-30)53(3)41-40(32)44(60)57(45(41)61)36-11-13-39(58)52-43(36)59/h4-10,12,18-20,25,29,36H,11,13-17,22-24H2,1-3H3,(H,52,58,59). The fraction of sp³-hybridized carbons (Fsp3) is 0.340. The van der Waals surface area contributed by atoms with Gasteiger partial charge in [0.05, 0.1) is 38.5 Å². The van der Waals surface area contributed by atoms with Crippen LogP contribution in [-0.4, -0.2) is 93.8 Å². The van der Waals surface area contributed by atoms with Crippen LogP contribution in [-0.2, 0) is 26.8 Å². The number of piperidine rings is 2. The van der Waals surface area contributed by atoms with Crippen LogP contribution >= 0.6 is 11.6 Å². The summed E-state index contributed by atoms with van der Waals surface area (Å²) in [6, 6.07) is 20.4. The molecule has 0 radical (unpaired) electrons. The number of aromatic nitrogens is 2. The van der Waals surface area contributed by atoms with E-state index in [1.54, 1.807) is 52.9 Å². The van der Waals surface area contributed by atoms with E-state index in [1.165, 1.54) is 0 Å². The summed E-state index contributed by atoms with van der Waals surface area (Å²) in [7, 11) is 1.72. The van der Waals surface area contributed by atoms with E-state index in [-0.39, 0.29) is 41.1 Å². The number of nitriles is 1. The number of ether oxygens (including phenoxy) is 1. The number of hydrogen-bond acceptors (Lipinski definition) is 10. The van der Waals surface area contributed by atoms with Gasteiger partial charge in [0.1, 0.15) is 35.5 Å². The molecule has 5 amide bonds. The summed E-state index contributed by atoms with van der Waals surface area (Å²) in [6.45, 7) is 7.86. The number of carbonyl (C=O) groups excluding carboxylic acids is 5. The number of pyridine rings is 1. The van der Waals surface area contributed by atoms with Gasteiger partial charge in [-0.1, -0.05) is 17.7 Å². The fourth-order valence-corrected chi connectivity index (χ4v) is 10.1. The van der Waals surface area contributed by atoms with Crippen molar-refractivity contribution >= 4 is 69.2 Å². The third-order valence-electron chi connectivity index (χ3n) is 13.3. The van der Waals surface area contributed by atoms with Crippen LogP contribution in [0.1, 0.15) is 71.5 Å². The summed E-state index contributed by atoms with van der Waals surface area (Å²) < 4.78 is 23.8. The molecule has 0 aliphatic carbocycles. The third kappa shape index (κ3) is 6.62. The number of nitrogens with one attached hydrogen (secondary N) is 1. The first-order valence-corrected chi connectivity index (χ1v) is 21.4. The molecule has 5 aliphatic rings. The summed E-state index contributed by atoms with van der Waals surface area (Å²) in [5.74, 6) is -1.23. The van der Waals surface area contributed by atoms with Crippen LogP contribution in [0.15, 0.2) is 66.7 Å². The van der Waals surface area contributed by atoms with Crippen LogP contribution in [0.3, 0.4) is 0 Å². The second-order valence-electron chi connectivity index (χ2n) is 17.6. The van der Waals surface area contributed by atoms with Crippen LogP contribution in [0, 0.1) is 23.2 Å². The highest BCUT2D eigenvalue weighted by molar-refractivity contribution is 6.32. The van der Waals surface area contributed by atoms with Crippen molar-refractivity contribution in [1.82, 2.24) is 24.7 Å². The molecule has 3 aromatic carbocycles. The first kappa shape index (κ1) is 40.4. The quantitative estimate of drug-likeness (QED) is 0.140. The number of carbonyl (C=O) groups is 5. The molecule has 5 aliphatic heterocycles. The number of benzene rings is 3. The van der Waals surface area contributed by atoms with Crippen LogP contribution in [0.25, 0.3) is 22.0 Å². The first-order valence-electron chi connectivity index (χ1n) is 21.1. The zero-order valence-electron chi connectivity index (χ0n) is 34.8. The number of imide groups is 2. The Hall–Kier alpha value is -6.63. The molecule has 0 bridgehead atoms. The number of likely N-dealkylation sites (tertiary alicyclic amines) is 1. The summed E-state index contributed by atoms with van der Waals surface area (Å²) in [4.78, 5) is 76.3. The van der Waals surface area contributed by atoms with Gasteiger partial charge in [-0.25, -0.2) is 4.98 Å². The predicted octanol–water partition coefficient (Wildman–Crippen LogP) is 6.24. The van der Waals surface area contributed by atoms with Gasteiger partial charge in [0.15, 0.2) is 0 Å². The summed E-state index contributed by atoms with van der Waals surface area (Å²) in [5.41, 5.74) is 3.56. The van der Waals surface area contributed by atoms with Gasteiger partial charge in [-0.2, -0.15) is 9.65 Å². The van der Waals surface area contributed by atoms with Crippen molar-refractivity contribution in [2.45, 2.75) is 57.1 Å². The average molecular weight is 869 g/mol. The minimum atomic E-state index is -1.02. The molecule has 1 unspecified atom stereocenters. The molecule has 3 fully saturated rings. The van der Waals surface area contributed by atoms with Crippen molar-refractivity contribution in [2.24, 2.45) is 13.0 Å². The van der Waals surface area contributed by atoms with Gasteiger partial charge < -0.3 is 19.1 Å². The van der Waals surface area contributed by atoms with E-state index in [0.29, 0.717) is 56.5 Å². The number of fused-ring (bicyclic) bond motifs is 4. The Morgan fingerprint density at radius 1 is 0.952 bits per heavy atom. The lowest BCUT2D eigenvalue weighted by Crippen LogP contribution is -2.54. The summed E-state index contributed by atoms with van der Waals surface area (Å²) in [6.07, 6.45) is 1.83. The maximum atomic E-state index is 15.7. The second kappa shape index (κ2) is 15.0. The van der Waals surface area contributed by atoms with E-state index in [2.05, 4.69) is 20.1 Å². The molecule has 1 atom stereocenters.